The molecule has 1 aliphatic carbocycles. The molecular weight excluding hydrogens is 366 g/mol. The number of benzene rings is 1. The van der Waals surface area contributed by atoms with E-state index in [1.165, 1.54) is 17.7 Å². The highest BCUT2D eigenvalue weighted by Crippen LogP contribution is 2.23. The lowest BCUT2D eigenvalue weighted by atomic mass is 10.1. The maximum absolute atomic E-state index is 12.9. The van der Waals surface area contributed by atoms with E-state index in [4.69, 9.17) is 0 Å². The molecule has 29 heavy (non-hydrogen) atoms. The number of rotatable bonds is 7. The summed E-state index contributed by atoms with van der Waals surface area (Å²) >= 11 is 0. The van der Waals surface area contributed by atoms with Crippen molar-refractivity contribution in [3.63, 3.8) is 0 Å². The van der Waals surface area contributed by atoms with E-state index in [1.54, 1.807) is 10.8 Å². The Morgan fingerprint density at radius 1 is 1.03 bits per heavy atom. The lowest BCUT2D eigenvalue weighted by molar-refractivity contribution is -0.126. The third-order valence-electron chi connectivity index (χ3n) is 5.81. The van der Waals surface area contributed by atoms with Crippen molar-refractivity contribution in [1.29, 1.82) is 0 Å². The Labute approximate surface area is 172 Å². The van der Waals surface area contributed by atoms with Crippen LogP contribution in [0, 0.1) is 0 Å². The molecule has 2 aromatic rings. The number of aromatic nitrogens is 1. The van der Waals surface area contributed by atoms with Crippen LogP contribution in [0.4, 0.5) is 0 Å². The van der Waals surface area contributed by atoms with Gasteiger partial charge in [-0.25, -0.2) is 0 Å². The molecule has 0 atom stereocenters. The van der Waals surface area contributed by atoms with Crippen LogP contribution in [0.15, 0.2) is 30.5 Å². The molecule has 1 aromatic heterocycles. The summed E-state index contributed by atoms with van der Waals surface area (Å²) < 4.78 is 1.78. The van der Waals surface area contributed by atoms with Crippen LogP contribution in [0.25, 0.3) is 10.9 Å². The first kappa shape index (κ1) is 21.1. The van der Waals surface area contributed by atoms with Gasteiger partial charge in [0.2, 0.25) is 5.91 Å². The third-order valence-corrected chi connectivity index (χ3v) is 5.81. The predicted molar refractivity (Wildman–Crippen MR) is 114 cm³/mol. The fourth-order valence-corrected chi connectivity index (χ4v) is 4.18. The third kappa shape index (κ3) is 4.86. The molecule has 6 heteroatoms. The van der Waals surface area contributed by atoms with Gasteiger partial charge in [0.15, 0.2) is 0 Å². The van der Waals surface area contributed by atoms with Crippen molar-refractivity contribution in [2.45, 2.75) is 65.0 Å². The molecule has 0 radical (unpaired) electrons. The quantitative estimate of drug-likeness (QED) is 0.441. The summed E-state index contributed by atoms with van der Waals surface area (Å²) in [4.78, 5) is 39.6. The summed E-state index contributed by atoms with van der Waals surface area (Å²) in [7, 11) is 0. The van der Waals surface area contributed by atoms with Crippen molar-refractivity contribution in [2.24, 2.45) is 0 Å². The minimum Gasteiger partial charge on any atom is -0.352 e. The van der Waals surface area contributed by atoms with Crippen molar-refractivity contribution in [1.82, 2.24) is 14.8 Å². The van der Waals surface area contributed by atoms with E-state index in [-0.39, 0.29) is 18.5 Å². The zero-order valence-corrected chi connectivity index (χ0v) is 17.4. The number of hydrogen-bond acceptors (Lipinski definition) is 3. The smallest absolute Gasteiger partial charge is 0.295 e. The first-order chi connectivity index (χ1) is 14.0. The summed E-state index contributed by atoms with van der Waals surface area (Å²) in [5.74, 6) is -1.07. The van der Waals surface area contributed by atoms with Gasteiger partial charge in [-0.3, -0.25) is 14.4 Å². The molecule has 1 heterocycles. The Kier molecular flexibility index (Phi) is 7.07. The van der Waals surface area contributed by atoms with Crippen LogP contribution in [0.1, 0.15) is 62.7 Å². The van der Waals surface area contributed by atoms with E-state index in [1.807, 2.05) is 38.1 Å². The Morgan fingerprint density at radius 3 is 2.34 bits per heavy atom. The molecule has 3 rings (SSSR count). The number of carbonyl (C=O) groups excluding carboxylic acids is 3. The van der Waals surface area contributed by atoms with Gasteiger partial charge in [0.1, 0.15) is 6.54 Å². The van der Waals surface area contributed by atoms with Crippen LogP contribution in [0.2, 0.25) is 0 Å². The summed E-state index contributed by atoms with van der Waals surface area (Å²) in [6.45, 7) is 4.84. The number of carbonyl (C=O) groups is 3. The van der Waals surface area contributed by atoms with Gasteiger partial charge >= 0.3 is 0 Å². The molecule has 1 N–H and O–H groups in total. The lowest BCUT2D eigenvalue weighted by Crippen LogP contribution is -2.36. The number of nitrogens with one attached hydrogen (secondary N) is 1. The highest BCUT2D eigenvalue weighted by molar-refractivity contribution is 6.44. The highest BCUT2D eigenvalue weighted by Gasteiger charge is 2.25. The van der Waals surface area contributed by atoms with Gasteiger partial charge in [0.05, 0.1) is 5.56 Å². The number of para-hydroxylation sites is 1. The molecule has 1 aliphatic rings. The van der Waals surface area contributed by atoms with E-state index < -0.39 is 11.7 Å². The number of ketones is 1. The van der Waals surface area contributed by atoms with Gasteiger partial charge in [0.25, 0.3) is 11.7 Å². The zero-order chi connectivity index (χ0) is 20.8. The molecule has 1 fully saturated rings. The van der Waals surface area contributed by atoms with Crippen LogP contribution in [-0.2, 0) is 16.1 Å². The van der Waals surface area contributed by atoms with Crippen LogP contribution in [0.5, 0.6) is 0 Å². The summed E-state index contributed by atoms with van der Waals surface area (Å²) in [5, 5.41) is 3.86. The lowest BCUT2D eigenvalue weighted by Gasteiger charge is -2.17. The largest absolute Gasteiger partial charge is 0.352 e. The molecule has 0 unspecified atom stereocenters. The normalized spacial score (nSPS) is 15.1. The highest BCUT2D eigenvalue weighted by atomic mass is 16.2. The maximum atomic E-state index is 12.9. The van der Waals surface area contributed by atoms with Gasteiger partial charge in [-0.1, -0.05) is 43.9 Å². The minimum absolute atomic E-state index is 0.0493. The molecule has 0 bridgehead atoms. The number of likely N-dealkylation sites (N-methyl/N-ethyl adjacent to an activating group) is 1. The van der Waals surface area contributed by atoms with Gasteiger partial charge in [-0.05, 0) is 32.8 Å². The van der Waals surface area contributed by atoms with E-state index >= 15 is 0 Å². The first-order valence-electron chi connectivity index (χ1n) is 10.8. The molecule has 2 amide bonds. The van der Waals surface area contributed by atoms with Crippen molar-refractivity contribution in [2.75, 3.05) is 13.1 Å². The van der Waals surface area contributed by atoms with Gasteiger partial charge in [-0.15, -0.1) is 0 Å². The topological polar surface area (TPSA) is 71.4 Å². The monoisotopic (exact) mass is 397 g/mol. The van der Waals surface area contributed by atoms with Crippen molar-refractivity contribution >= 4 is 28.5 Å². The molecule has 0 aliphatic heterocycles. The summed E-state index contributed by atoms with van der Waals surface area (Å²) in [6.07, 6.45) is 8.50. The van der Waals surface area contributed by atoms with E-state index in [2.05, 4.69) is 5.32 Å². The SMILES string of the molecule is CCN(CC)C(=O)C(=O)c1cn(CC(=O)NC2CCCCCC2)c2ccccc12. The van der Waals surface area contributed by atoms with Gasteiger partial charge in [-0.2, -0.15) is 0 Å². The average molecular weight is 398 g/mol. The average Bonchev–Trinajstić information content (AvgIpc) is 2.89. The molecule has 156 valence electrons. The van der Waals surface area contributed by atoms with E-state index in [9.17, 15) is 14.4 Å². The Bertz CT molecular complexity index is 875. The molecule has 0 saturated heterocycles. The van der Waals surface area contributed by atoms with Crippen molar-refractivity contribution < 1.29 is 14.4 Å². The summed E-state index contributed by atoms with van der Waals surface area (Å²) in [5.41, 5.74) is 1.15. The standard InChI is InChI=1S/C23H31N3O3/c1-3-25(4-2)23(29)22(28)19-15-26(20-14-10-9-13-18(19)20)16-21(27)24-17-11-7-5-6-8-12-17/h9-10,13-15,17H,3-8,11-12,16H2,1-2H3,(H,24,27). The fourth-order valence-electron chi connectivity index (χ4n) is 4.18. The Balaban J connectivity index is 1.81. The van der Waals surface area contributed by atoms with E-state index in [0.717, 1.165) is 31.2 Å². The van der Waals surface area contributed by atoms with Gasteiger partial charge < -0.3 is 14.8 Å². The van der Waals surface area contributed by atoms with Crippen molar-refractivity contribution in [3.05, 3.63) is 36.0 Å². The van der Waals surface area contributed by atoms with Crippen LogP contribution >= 0.6 is 0 Å². The Morgan fingerprint density at radius 2 is 1.69 bits per heavy atom. The van der Waals surface area contributed by atoms with Crippen molar-refractivity contribution in [3.8, 4) is 0 Å². The van der Waals surface area contributed by atoms with Crippen LogP contribution < -0.4 is 5.32 Å². The molecule has 1 saturated carbocycles. The second kappa shape index (κ2) is 9.72. The second-order valence-corrected chi connectivity index (χ2v) is 7.75. The molecule has 6 nitrogen and oxygen atoms in total. The molecule has 1 aromatic carbocycles. The number of nitrogens with zero attached hydrogens (tertiary/aromatic N) is 2. The summed E-state index contributed by atoms with van der Waals surface area (Å²) in [6, 6.07) is 7.67. The number of fused-ring (bicyclic) bond motifs is 1. The number of amides is 2. The van der Waals surface area contributed by atoms with Crippen LogP contribution in [-0.4, -0.2) is 46.2 Å². The molecular formula is C23H31N3O3. The fraction of sp³-hybridized carbons (Fsp3) is 0.522. The predicted octanol–water partition coefficient (Wildman–Crippen LogP) is 3.53. The minimum atomic E-state index is -0.521. The second-order valence-electron chi connectivity index (χ2n) is 7.75. The number of Topliss-reactive ketones (excluding diaryl/α,β-unsaturated/α-hetero) is 1. The molecule has 0 spiro atoms. The van der Waals surface area contributed by atoms with Gasteiger partial charge in [0, 0.05) is 36.2 Å². The Hall–Kier alpha value is -2.63. The zero-order valence-electron chi connectivity index (χ0n) is 17.4. The number of hydrogen-bond donors (Lipinski definition) is 1. The maximum Gasteiger partial charge on any atom is 0.295 e. The first-order valence-corrected chi connectivity index (χ1v) is 10.8. The van der Waals surface area contributed by atoms with E-state index in [0.29, 0.717) is 24.0 Å². The van der Waals surface area contributed by atoms with Crippen LogP contribution in [0.3, 0.4) is 0 Å².